The lowest BCUT2D eigenvalue weighted by Gasteiger charge is -2.13. The van der Waals surface area contributed by atoms with Crippen LogP contribution in [0.2, 0.25) is 5.02 Å². The van der Waals surface area contributed by atoms with Gasteiger partial charge in [-0.25, -0.2) is 4.39 Å². The Morgan fingerprint density at radius 1 is 1.37 bits per heavy atom. The van der Waals surface area contributed by atoms with E-state index in [9.17, 15) is 9.18 Å². The smallest absolute Gasteiger partial charge is 0.303 e. The molecule has 3 aromatic rings. The molecular formula is C21H18BrClFNO2. The van der Waals surface area contributed by atoms with E-state index in [1.54, 1.807) is 13.0 Å². The lowest BCUT2D eigenvalue weighted by Crippen LogP contribution is -2.07. The van der Waals surface area contributed by atoms with Crippen molar-refractivity contribution in [3.63, 3.8) is 0 Å². The maximum absolute atomic E-state index is 14.4. The number of aromatic nitrogens is 1. The van der Waals surface area contributed by atoms with Crippen LogP contribution in [0.5, 0.6) is 0 Å². The first-order valence-electron chi connectivity index (χ1n) is 8.78. The second-order valence-corrected chi connectivity index (χ2v) is 8.13. The van der Waals surface area contributed by atoms with Gasteiger partial charge in [0.15, 0.2) is 0 Å². The Labute approximate surface area is 170 Å². The van der Waals surface area contributed by atoms with E-state index in [2.05, 4.69) is 20.5 Å². The third kappa shape index (κ3) is 3.17. The number of ether oxygens (including phenoxy) is 1. The number of aryl methyl sites for hydroxylation is 1. The van der Waals surface area contributed by atoms with Crippen LogP contribution in [-0.2, 0) is 22.5 Å². The number of esters is 1. The Morgan fingerprint density at radius 2 is 2.07 bits per heavy atom. The lowest BCUT2D eigenvalue weighted by atomic mass is 9.98. The maximum atomic E-state index is 14.4. The molecule has 0 bridgehead atoms. The molecule has 0 aliphatic carbocycles. The van der Waals surface area contributed by atoms with Crippen LogP contribution in [0, 0.1) is 12.7 Å². The highest BCUT2D eigenvalue weighted by molar-refractivity contribution is 9.10. The number of benzene rings is 2. The summed E-state index contributed by atoms with van der Waals surface area (Å²) in [6.07, 6.45) is 1.04. The molecule has 6 heteroatoms. The van der Waals surface area contributed by atoms with Crippen molar-refractivity contribution in [3.8, 4) is 0 Å². The monoisotopic (exact) mass is 449 g/mol. The number of rotatable bonds is 3. The van der Waals surface area contributed by atoms with Crippen LogP contribution in [-0.4, -0.2) is 10.5 Å². The second-order valence-electron chi connectivity index (χ2n) is 6.90. The summed E-state index contributed by atoms with van der Waals surface area (Å²) in [5.74, 6) is -0.554. The zero-order chi connectivity index (χ0) is 19.3. The summed E-state index contributed by atoms with van der Waals surface area (Å²) in [5, 5.41) is 1.67. The molecule has 0 saturated carbocycles. The van der Waals surface area contributed by atoms with Gasteiger partial charge in [-0.15, -0.1) is 0 Å². The van der Waals surface area contributed by atoms with Gasteiger partial charge in [-0.2, -0.15) is 0 Å². The van der Waals surface area contributed by atoms with Crippen molar-refractivity contribution in [1.82, 2.24) is 4.57 Å². The van der Waals surface area contributed by atoms with Crippen LogP contribution in [0.1, 0.15) is 41.8 Å². The zero-order valence-electron chi connectivity index (χ0n) is 15.0. The molecule has 140 valence electrons. The van der Waals surface area contributed by atoms with E-state index in [-0.39, 0.29) is 17.9 Å². The van der Waals surface area contributed by atoms with Gasteiger partial charge >= 0.3 is 5.97 Å². The van der Waals surface area contributed by atoms with Gasteiger partial charge in [-0.3, -0.25) is 4.79 Å². The number of nitrogens with zero attached hydrogens (tertiary/aromatic N) is 1. The summed E-state index contributed by atoms with van der Waals surface area (Å²) >= 11 is 9.61. The van der Waals surface area contributed by atoms with Crippen molar-refractivity contribution >= 4 is 44.4 Å². The minimum absolute atomic E-state index is 0.247. The van der Waals surface area contributed by atoms with Crippen molar-refractivity contribution in [1.29, 1.82) is 0 Å². The Morgan fingerprint density at radius 3 is 2.74 bits per heavy atom. The van der Waals surface area contributed by atoms with Crippen LogP contribution in [0.25, 0.3) is 10.9 Å². The fourth-order valence-electron chi connectivity index (χ4n) is 3.92. The number of fused-ring (bicyclic) bond motifs is 3. The SMILES string of the molecule is CC(=O)OC1CCn2c1c(Cc1ccc(Cl)cc1)c1c(Br)c(C)c(F)cc12. The summed E-state index contributed by atoms with van der Waals surface area (Å²) in [7, 11) is 0. The van der Waals surface area contributed by atoms with E-state index in [1.165, 1.54) is 6.92 Å². The van der Waals surface area contributed by atoms with E-state index in [0.717, 1.165) is 32.2 Å². The van der Waals surface area contributed by atoms with Crippen molar-refractivity contribution in [2.24, 2.45) is 0 Å². The molecular weight excluding hydrogens is 433 g/mol. The first kappa shape index (κ1) is 18.5. The largest absolute Gasteiger partial charge is 0.456 e. The quantitative estimate of drug-likeness (QED) is 0.451. The van der Waals surface area contributed by atoms with Gasteiger partial charge in [-0.1, -0.05) is 23.7 Å². The number of carbonyl (C=O) groups is 1. The number of hydrogen-bond donors (Lipinski definition) is 0. The highest BCUT2D eigenvalue weighted by Crippen LogP contribution is 2.44. The van der Waals surface area contributed by atoms with Gasteiger partial charge in [0.05, 0.1) is 11.2 Å². The molecule has 1 unspecified atom stereocenters. The molecule has 2 heterocycles. The molecule has 0 fully saturated rings. The predicted octanol–water partition coefficient (Wildman–Crippen LogP) is 6.10. The van der Waals surface area contributed by atoms with Gasteiger partial charge in [0, 0.05) is 41.2 Å². The summed E-state index contributed by atoms with van der Waals surface area (Å²) in [4.78, 5) is 11.6. The standard InChI is InChI=1S/C21H18BrClFNO2/c1-11-16(24)10-17-19(20(11)22)15(9-13-3-5-14(23)6-4-13)21-18(27-12(2)26)7-8-25(17)21/h3-6,10,18H,7-9H2,1-2H3. The number of carbonyl (C=O) groups excluding carboxylic acids is 1. The van der Waals surface area contributed by atoms with E-state index in [0.29, 0.717) is 30.0 Å². The average molecular weight is 451 g/mol. The molecule has 0 N–H and O–H groups in total. The Bertz CT molecular complexity index is 1060. The predicted molar refractivity (Wildman–Crippen MR) is 108 cm³/mol. The van der Waals surface area contributed by atoms with Crippen molar-refractivity contribution in [2.45, 2.75) is 39.3 Å². The molecule has 27 heavy (non-hydrogen) atoms. The molecule has 3 nitrogen and oxygen atoms in total. The molecule has 1 aromatic heterocycles. The van der Waals surface area contributed by atoms with Crippen LogP contribution >= 0.6 is 27.5 Å². The molecule has 1 aliphatic rings. The minimum Gasteiger partial charge on any atom is -0.456 e. The van der Waals surface area contributed by atoms with E-state index >= 15 is 0 Å². The maximum Gasteiger partial charge on any atom is 0.303 e. The van der Waals surface area contributed by atoms with Crippen molar-refractivity contribution < 1.29 is 13.9 Å². The molecule has 0 saturated heterocycles. The fourth-order valence-corrected chi connectivity index (χ4v) is 4.68. The molecule has 0 amide bonds. The normalized spacial score (nSPS) is 16.0. The molecule has 0 radical (unpaired) electrons. The number of hydrogen-bond acceptors (Lipinski definition) is 2. The summed E-state index contributed by atoms with van der Waals surface area (Å²) in [5.41, 5.74) is 4.52. The van der Waals surface area contributed by atoms with Crippen molar-refractivity contribution in [3.05, 3.63) is 68.0 Å². The van der Waals surface area contributed by atoms with Crippen LogP contribution in [0.4, 0.5) is 4.39 Å². The minimum atomic E-state index is -0.313. The second kappa shape index (κ2) is 6.95. The first-order chi connectivity index (χ1) is 12.9. The van der Waals surface area contributed by atoms with Gasteiger partial charge < -0.3 is 9.30 Å². The lowest BCUT2D eigenvalue weighted by molar-refractivity contribution is -0.146. The fraction of sp³-hybridized carbons (Fsp3) is 0.286. The molecule has 2 aromatic carbocycles. The topological polar surface area (TPSA) is 31.2 Å². The molecule has 1 atom stereocenters. The third-order valence-corrected chi connectivity index (χ3v) is 6.38. The van der Waals surface area contributed by atoms with E-state index < -0.39 is 0 Å². The third-order valence-electron chi connectivity index (χ3n) is 5.14. The van der Waals surface area contributed by atoms with Crippen molar-refractivity contribution in [2.75, 3.05) is 0 Å². The summed E-state index contributed by atoms with van der Waals surface area (Å²) in [6.45, 7) is 3.88. The van der Waals surface area contributed by atoms with Gasteiger partial charge in [0.2, 0.25) is 0 Å². The molecule has 4 rings (SSSR count). The Hall–Kier alpha value is -1.85. The summed E-state index contributed by atoms with van der Waals surface area (Å²) in [6, 6.07) is 9.27. The van der Waals surface area contributed by atoms with Gasteiger partial charge in [0.25, 0.3) is 0 Å². The first-order valence-corrected chi connectivity index (χ1v) is 9.95. The number of halogens is 3. The highest BCUT2D eigenvalue weighted by Gasteiger charge is 2.33. The van der Waals surface area contributed by atoms with Crippen LogP contribution in [0.3, 0.4) is 0 Å². The Balaban J connectivity index is 1.95. The Kier molecular flexibility index (Phi) is 4.77. The van der Waals surface area contributed by atoms with Crippen LogP contribution in [0.15, 0.2) is 34.8 Å². The van der Waals surface area contributed by atoms with Gasteiger partial charge in [0.1, 0.15) is 11.9 Å². The summed E-state index contributed by atoms with van der Waals surface area (Å²) < 4.78 is 22.8. The highest BCUT2D eigenvalue weighted by atomic mass is 79.9. The van der Waals surface area contributed by atoms with E-state index in [4.69, 9.17) is 16.3 Å². The molecule has 1 aliphatic heterocycles. The van der Waals surface area contributed by atoms with Gasteiger partial charge in [-0.05, 0) is 57.7 Å². The zero-order valence-corrected chi connectivity index (χ0v) is 17.3. The van der Waals surface area contributed by atoms with Crippen LogP contribution < -0.4 is 0 Å². The average Bonchev–Trinajstić information content (AvgIpc) is 3.14. The van der Waals surface area contributed by atoms with E-state index in [1.807, 2.05) is 24.3 Å². The molecule has 0 spiro atoms.